The van der Waals surface area contributed by atoms with Gasteiger partial charge in [0.15, 0.2) is 0 Å². The van der Waals surface area contributed by atoms with Gasteiger partial charge in [-0.2, -0.15) is 0 Å². The fraction of sp³-hybridized carbons (Fsp3) is 0.600. The van der Waals surface area contributed by atoms with E-state index in [0.717, 1.165) is 0 Å². The minimum absolute atomic E-state index is 1.12. The minimum Gasteiger partial charge on any atom is -0.370 e. The predicted octanol–water partition coefficient (Wildman–Crippen LogP) is 2.11. The summed E-state index contributed by atoms with van der Waals surface area (Å²) in [7, 11) is -2.25. The van der Waals surface area contributed by atoms with Crippen molar-refractivity contribution in [2.24, 2.45) is 0 Å². The fourth-order valence-electron chi connectivity index (χ4n) is 1.27. The maximum Gasteiger partial charge on any atom is 0.0981 e. The van der Waals surface area contributed by atoms with E-state index in [4.69, 9.17) is 0 Å². The maximum absolute atomic E-state index is 3.62. The zero-order valence-electron chi connectivity index (χ0n) is 9.65. The Hall–Kier alpha value is -0.286. The van der Waals surface area contributed by atoms with Gasteiger partial charge in [-0.1, -0.05) is 39.3 Å². The molecule has 1 aromatic rings. The molecule has 0 aliphatic heterocycles. The van der Waals surface area contributed by atoms with E-state index < -0.39 is 16.1 Å². The van der Waals surface area contributed by atoms with Crippen LogP contribution in [0.1, 0.15) is 0 Å². The third kappa shape index (κ3) is 2.58. The van der Waals surface area contributed by atoms with Crippen LogP contribution in [0.5, 0.6) is 0 Å². The summed E-state index contributed by atoms with van der Waals surface area (Å²) in [5, 5.41) is 2.98. The molecule has 0 aromatic carbocycles. The molecule has 0 radical (unpaired) electrons. The molecule has 0 amide bonds. The molecular weight excluding hydrogens is 190 g/mol. The van der Waals surface area contributed by atoms with Gasteiger partial charge in [-0.05, 0) is 22.8 Å². The molecule has 0 saturated carbocycles. The molecule has 0 atom stereocenters. The predicted molar refractivity (Wildman–Crippen MR) is 66.8 cm³/mol. The summed E-state index contributed by atoms with van der Waals surface area (Å²) >= 11 is 0. The van der Waals surface area contributed by atoms with Gasteiger partial charge in [-0.15, -0.1) is 0 Å². The van der Waals surface area contributed by atoms with Crippen molar-refractivity contribution in [2.45, 2.75) is 39.3 Å². The second-order valence-electron chi connectivity index (χ2n) is 5.79. The molecule has 0 bridgehead atoms. The summed E-state index contributed by atoms with van der Waals surface area (Å²) in [4.78, 5) is 3.62. The Kier molecular flexibility index (Phi) is 2.60. The summed E-state index contributed by atoms with van der Waals surface area (Å²) in [6.45, 7) is 14.3. The van der Waals surface area contributed by atoms with Crippen molar-refractivity contribution >= 4 is 26.8 Å². The Morgan fingerprint density at radius 3 is 1.23 bits per heavy atom. The molecule has 0 spiro atoms. The van der Waals surface area contributed by atoms with E-state index in [-0.39, 0.29) is 0 Å². The molecule has 0 aliphatic carbocycles. The third-order valence-electron chi connectivity index (χ3n) is 2.30. The SMILES string of the molecule is C[Si](C)(C)c1ccc([Si](C)(C)C)[nH]1. The molecule has 1 N–H and O–H groups in total. The first-order valence-corrected chi connectivity index (χ1v) is 11.9. The monoisotopic (exact) mass is 211 g/mol. The maximum atomic E-state index is 3.62. The minimum atomic E-state index is -1.12. The van der Waals surface area contributed by atoms with Crippen molar-refractivity contribution < 1.29 is 0 Å². The van der Waals surface area contributed by atoms with Crippen LogP contribution in [0.3, 0.4) is 0 Å². The van der Waals surface area contributed by atoms with Crippen LogP contribution in [0.25, 0.3) is 0 Å². The van der Waals surface area contributed by atoms with Crippen molar-refractivity contribution in [3.63, 3.8) is 0 Å². The van der Waals surface area contributed by atoms with E-state index in [1.807, 2.05) is 0 Å². The quantitative estimate of drug-likeness (QED) is 0.721. The van der Waals surface area contributed by atoms with Crippen LogP contribution in [0.15, 0.2) is 12.1 Å². The Labute approximate surface area is 83.6 Å². The van der Waals surface area contributed by atoms with Gasteiger partial charge in [0.05, 0.1) is 16.1 Å². The number of hydrogen-bond donors (Lipinski definition) is 1. The Balaban J connectivity index is 3.01. The van der Waals surface area contributed by atoms with E-state index in [1.54, 1.807) is 0 Å². The lowest BCUT2D eigenvalue weighted by atomic mass is 10.7. The third-order valence-corrected chi connectivity index (χ3v) is 6.12. The molecule has 0 saturated heterocycles. The summed E-state index contributed by atoms with van der Waals surface area (Å²) in [6, 6.07) is 4.58. The van der Waals surface area contributed by atoms with Crippen LogP contribution >= 0.6 is 0 Å². The van der Waals surface area contributed by atoms with Crippen molar-refractivity contribution in [3.05, 3.63) is 12.1 Å². The summed E-state index contributed by atoms with van der Waals surface area (Å²) < 4.78 is 0. The molecular formula is C10H21NSi2. The topological polar surface area (TPSA) is 15.8 Å². The lowest BCUT2D eigenvalue weighted by Gasteiger charge is -2.16. The molecule has 1 aromatic heterocycles. The smallest absolute Gasteiger partial charge is 0.0981 e. The highest BCUT2D eigenvalue weighted by Gasteiger charge is 2.23. The normalized spacial score (nSPS) is 13.4. The zero-order valence-corrected chi connectivity index (χ0v) is 11.7. The summed E-state index contributed by atoms with van der Waals surface area (Å²) in [5.74, 6) is 0. The van der Waals surface area contributed by atoms with Gasteiger partial charge >= 0.3 is 0 Å². The number of H-pyrrole nitrogens is 1. The van der Waals surface area contributed by atoms with Crippen LogP contribution in [-0.4, -0.2) is 21.1 Å². The van der Waals surface area contributed by atoms with Gasteiger partial charge in [0.2, 0.25) is 0 Å². The molecule has 13 heavy (non-hydrogen) atoms. The average molecular weight is 211 g/mol. The van der Waals surface area contributed by atoms with Crippen LogP contribution in [0, 0.1) is 0 Å². The van der Waals surface area contributed by atoms with Gasteiger partial charge in [0.25, 0.3) is 0 Å². The summed E-state index contributed by atoms with van der Waals surface area (Å²) in [6.07, 6.45) is 0. The Morgan fingerprint density at radius 1 is 0.769 bits per heavy atom. The first-order valence-electron chi connectivity index (χ1n) is 4.91. The van der Waals surface area contributed by atoms with E-state index in [2.05, 4.69) is 56.4 Å². The van der Waals surface area contributed by atoms with Gasteiger partial charge in [-0.3, -0.25) is 0 Å². The standard InChI is InChI=1S/C10H21NSi2/c1-12(2,3)9-7-8-10(11-9)13(4,5)6/h7-8,11H,1-6H3. The molecule has 0 aliphatic rings. The lowest BCUT2D eigenvalue weighted by Crippen LogP contribution is -2.44. The number of rotatable bonds is 2. The average Bonchev–Trinajstić information content (AvgIpc) is 2.28. The summed E-state index contributed by atoms with van der Waals surface area (Å²) in [5.41, 5.74) is 0. The van der Waals surface area contributed by atoms with Crippen molar-refractivity contribution in [3.8, 4) is 0 Å². The number of nitrogens with one attached hydrogen (secondary N) is 1. The highest BCUT2D eigenvalue weighted by atomic mass is 28.3. The highest BCUT2D eigenvalue weighted by Crippen LogP contribution is 2.03. The number of aromatic amines is 1. The van der Waals surface area contributed by atoms with Crippen molar-refractivity contribution in [1.29, 1.82) is 0 Å². The number of aromatic nitrogens is 1. The van der Waals surface area contributed by atoms with Gasteiger partial charge < -0.3 is 4.98 Å². The van der Waals surface area contributed by atoms with Crippen LogP contribution in [0.2, 0.25) is 39.3 Å². The molecule has 0 unspecified atom stereocenters. The van der Waals surface area contributed by atoms with Crippen LogP contribution in [-0.2, 0) is 0 Å². The molecule has 74 valence electrons. The van der Waals surface area contributed by atoms with Crippen LogP contribution in [0.4, 0.5) is 0 Å². The molecule has 1 nitrogen and oxygen atoms in total. The van der Waals surface area contributed by atoms with Crippen molar-refractivity contribution in [1.82, 2.24) is 4.98 Å². The Morgan fingerprint density at radius 2 is 1.08 bits per heavy atom. The van der Waals surface area contributed by atoms with Gasteiger partial charge in [0, 0.05) is 0 Å². The number of hydrogen-bond acceptors (Lipinski definition) is 0. The van der Waals surface area contributed by atoms with Crippen LogP contribution < -0.4 is 10.6 Å². The van der Waals surface area contributed by atoms with E-state index >= 15 is 0 Å². The lowest BCUT2D eigenvalue weighted by molar-refractivity contribution is 1.46. The second-order valence-corrected chi connectivity index (χ2v) is 15.9. The van der Waals surface area contributed by atoms with Crippen molar-refractivity contribution in [2.75, 3.05) is 0 Å². The second kappa shape index (κ2) is 3.13. The molecule has 1 heterocycles. The van der Waals surface area contributed by atoms with Gasteiger partial charge in [0.1, 0.15) is 0 Å². The molecule has 1 rings (SSSR count). The zero-order chi connectivity index (χ0) is 10.3. The van der Waals surface area contributed by atoms with E-state index in [1.165, 1.54) is 10.6 Å². The van der Waals surface area contributed by atoms with E-state index in [9.17, 15) is 0 Å². The molecule has 3 heteroatoms. The first-order chi connectivity index (χ1) is 5.71. The van der Waals surface area contributed by atoms with E-state index in [0.29, 0.717) is 0 Å². The van der Waals surface area contributed by atoms with Gasteiger partial charge in [-0.25, -0.2) is 0 Å². The largest absolute Gasteiger partial charge is 0.370 e. The Bertz CT molecular complexity index is 260. The molecule has 0 fully saturated rings. The fourth-order valence-corrected chi connectivity index (χ4v) is 3.58. The highest BCUT2D eigenvalue weighted by molar-refractivity contribution is 6.90. The first kappa shape index (κ1) is 10.8.